The molecule has 1 heterocycles. The molecule has 1 amide bonds. The molecule has 164 valence electrons. The number of hydrogen-bond acceptors (Lipinski definition) is 4. The number of carbonyl (C=O) groups excluding carboxylic acids is 1. The molecule has 0 radical (unpaired) electrons. The topological polar surface area (TPSA) is 78.0 Å². The number of alkyl halides is 2. The Kier molecular flexibility index (Phi) is 9.87. The first-order chi connectivity index (χ1) is 13.3. The maximum absolute atomic E-state index is 12.6. The Morgan fingerprint density at radius 3 is 2.69 bits per heavy atom. The molecule has 10 heteroatoms. The Morgan fingerprint density at radius 2 is 2.07 bits per heavy atom. The molecule has 0 saturated carbocycles. The van der Waals surface area contributed by atoms with Gasteiger partial charge >= 0.3 is 6.61 Å². The van der Waals surface area contributed by atoms with E-state index in [1.807, 2.05) is 18.7 Å². The molecule has 1 aliphatic heterocycles. The Morgan fingerprint density at radius 1 is 1.38 bits per heavy atom. The minimum atomic E-state index is -2.86. The number of amides is 1. The molecule has 0 spiro atoms. The van der Waals surface area contributed by atoms with E-state index in [2.05, 4.69) is 25.7 Å². The lowest BCUT2D eigenvalue weighted by Crippen LogP contribution is -2.50. The molecule has 1 saturated heterocycles. The van der Waals surface area contributed by atoms with Crippen molar-refractivity contribution in [2.75, 3.05) is 38.6 Å². The van der Waals surface area contributed by atoms with Gasteiger partial charge in [0.2, 0.25) is 5.91 Å². The number of benzene rings is 1. The summed E-state index contributed by atoms with van der Waals surface area (Å²) in [7, 11) is 3.28. The van der Waals surface area contributed by atoms with E-state index in [1.165, 1.54) is 0 Å². The number of nitrogens with one attached hydrogen (secondary N) is 3. The maximum atomic E-state index is 12.6. The van der Waals surface area contributed by atoms with E-state index in [4.69, 9.17) is 0 Å². The summed E-state index contributed by atoms with van der Waals surface area (Å²) in [6.07, 6.45) is 0.822. The number of carbonyl (C=O) groups is 1. The Labute approximate surface area is 187 Å². The lowest BCUT2D eigenvalue weighted by atomic mass is 9.92. The number of hydrogen-bond donors (Lipinski definition) is 3. The van der Waals surface area contributed by atoms with Gasteiger partial charge < -0.3 is 25.6 Å². The molecule has 1 aromatic carbocycles. The van der Waals surface area contributed by atoms with Crippen LogP contribution in [0.1, 0.15) is 20.3 Å². The lowest BCUT2D eigenvalue weighted by Gasteiger charge is -2.25. The van der Waals surface area contributed by atoms with E-state index >= 15 is 0 Å². The standard InChI is InChI=1S/C19H29F2N5O2.HI/c1-19(2,16(27)22-3)12-24-18(23-4)25-13-9-10-26(11-13)14-7-5-6-8-15(14)28-17(20)21;/h5-8,13,17H,9-12H2,1-4H3,(H,22,27)(H2,23,24,25);1H. The number of anilines is 1. The highest BCUT2D eigenvalue weighted by Crippen LogP contribution is 2.31. The fourth-order valence-corrected chi connectivity index (χ4v) is 3.12. The van der Waals surface area contributed by atoms with Gasteiger partial charge in [-0.1, -0.05) is 12.1 Å². The maximum Gasteiger partial charge on any atom is 0.387 e. The van der Waals surface area contributed by atoms with E-state index in [-0.39, 0.29) is 41.7 Å². The number of ether oxygens (including phenoxy) is 1. The van der Waals surface area contributed by atoms with Gasteiger partial charge in [-0.2, -0.15) is 8.78 Å². The van der Waals surface area contributed by atoms with Gasteiger partial charge in [0, 0.05) is 39.8 Å². The van der Waals surface area contributed by atoms with Gasteiger partial charge in [0.1, 0.15) is 5.75 Å². The zero-order valence-electron chi connectivity index (χ0n) is 17.2. The third kappa shape index (κ3) is 7.16. The average Bonchev–Trinajstić information content (AvgIpc) is 3.12. The molecule has 0 bridgehead atoms. The molecule has 29 heavy (non-hydrogen) atoms. The highest BCUT2D eigenvalue weighted by molar-refractivity contribution is 14.0. The SMILES string of the molecule is CN=C(NCC(C)(C)C(=O)NC)NC1CCN(c2ccccc2OC(F)F)C1.I. The molecule has 0 aromatic heterocycles. The summed E-state index contributed by atoms with van der Waals surface area (Å²) in [4.78, 5) is 18.1. The Balaban J connectivity index is 0.00000420. The number of guanidine groups is 1. The van der Waals surface area contributed by atoms with Gasteiger partial charge in [-0.25, -0.2) is 0 Å². The zero-order valence-corrected chi connectivity index (χ0v) is 19.5. The average molecular weight is 525 g/mol. The Hall–Kier alpha value is -1.85. The van der Waals surface area contributed by atoms with Crippen LogP contribution < -0.4 is 25.6 Å². The quantitative estimate of drug-likeness (QED) is 0.290. The third-order valence-electron chi connectivity index (χ3n) is 4.71. The fourth-order valence-electron chi connectivity index (χ4n) is 3.12. The van der Waals surface area contributed by atoms with Crippen molar-refractivity contribution in [1.29, 1.82) is 0 Å². The van der Waals surface area contributed by atoms with Gasteiger partial charge in [0.15, 0.2) is 5.96 Å². The summed E-state index contributed by atoms with van der Waals surface area (Å²) in [5.74, 6) is 0.715. The van der Waals surface area contributed by atoms with Crippen LogP contribution in [0.25, 0.3) is 0 Å². The monoisotopic (exact) mass is 525 g/mol. The van der Waals surface area contributed by atoms with Crippen molar-refractivity contribution >= 4 is 41.5 Å². The second-order valence-corrected chi connectivity index (χ2v) is 7.31. The molecule has 1 aromatic rings. The smallest absolute Gasteiger partial charge is 0.387 e. The third-order valence-corrected chi connectivity index (χ3v) is 4.71. The molecule has 7 nitrogen and oxygen atoms in total. The normalized spacial score (nSPS) is 17.0. The lowest BCUT2D eigenvalue weighted by molar-refractivity contribution is -0.128. The van der Waals surface area contributed by atoms with Crippen molar-refractivity contribution in [1.82, 2.24) is 16.0 Å². The second kappa shape index (κ2) is 11.4. The van der Waals surface area contributed by atoms with Crippen LogP contribution in [0.2, 0.25) is 0 Å². The summed E-state index contributed by atoms with van der Waals surface area (Å²) in [6, 6.07) is 6.89. The molecule has 1 aliphatic rings. The van der Waals surface area contributed by atoms with Crippen LogP contribution in [0.3, 0.4) is 0 Å². The molecular formula is C19H30F2IN5O2. The first-order valence-electron chi connectivity index (χ1n) is 9.25. The highest BCUT2D eigenvalue weighted by atomic mass is 127. The van der Waals surface area contributed by atoms with Gasteiger partial charge in [-0.05, 0) is 32.4 Å². The van der Waals surface area contributed by atoms with Crippen LogP contribution in [-0.4, -0.2) is 58.2 Å². The number of halogens is 3. The van der Waals surface area contributed by atoms with Crippen molar-refractivity contribution < 1.29 is 18.3 Å². The van der Waals surface area contributed by atoms with E-state index < -0.39 is 12.0 Å². The van der Waals surface area contributed by atoms with Crippen LogP contribution in [0.4, 0.5) is 14.5 Å². The summed E-state index contributed by atoms with van der Waals surface area (Å²) < 4.78 is 29.9. The highest BCUT2D eigenvalue weighted by Gasteiger charge is 2.29. The van der Waals surface area contributed by atoms with Crippen LogP contribution in [0, 0.1) is 5.41 Å². The van der Waals surface area contributed by atoms with Crippen molar-refractivity contribution in [3.63, 3.8) is 0 Å². The summed E-state index contributed by atoms with van der Waals surface area (Å²) in [5, 5.41) is 9.16. The number of nitrogens with zero attached hydrogens (tertiary/aromatic N) is 2. The molecule has 1 fully saturated rings. The van der Waals surface area contributed by atoms with Crippen LogP contribution >= 0.6 is 24.0 Å². The van der Waals surface area contributed by atoms with Crippen molar-refractivity contribution in [2.45, 2.75) is 32.9 Å². The van der Waals surface area contributed by atoms with Gasteiger partial charge in [-0.3, -0.25) is 9.79 Å². The van der Waals surface area contributed by atoms with Gasteiger partial charge in [0.25, 0.3) is 0 Å². The second-order valence-electron chi connectivity index (χ2n) is 7.31. The largest absolute Gasteiger partial charge is 0.433 e. The van der Waals surface area contributed by atoms with Crippen molar-refractivity contribution in [3.8, 4) is 5.75 Å². The van der Waals surface area contributed by atoms with Gasteiger partial charge in [-0.15, -0.1) is 24.0 Å². The minimum Gasteiger partial charge on any atom is -0.433 e. The van der Waals surface area contributed by atoms with Crippen molar-refractivity contribution in [3.05, 3.63) is 24.3 Å². The van der Waals surface area contributed by atoms with E-state index in [0.717, 1.165) is 6.42 Å². The van der Waals surface area contributed by atoms with E-state index in [1.54, 1.807) is 38.4 Å². The minimum absolute atomic E-state index is 0. The molecule has 1 unspecified atom stereocenters. The van der Waals surface area contributed by atoms with Crippen LogP contribution in [-0.2, 0) is 4.79 Å². The Bertz CT molecular complexity index is 703. The van der Waals surface area contributed by atoms with Crippen molar-refractivity contribution in [2.24, 2.45) is 10.4 Å². The number of rotatable bonds is 7. The van der Waals surface area contributed by atoms with E-state index in [0.29, 0.717) is 31.3 Å². The van der Waals surface area contributed by atoms with E-state index in [9.17, 15) is 13.6 Å². The van der Waals surface area contributed by atoms with Gasteiger partial charge in [0.05, 0.1) is 11.1 Å². The van der Waals surface area contributed by atoms with Crippen LogP contribution in [0.15, 0.2) is 29.3 Å². The first-order valence-corrected chi connectivity index (χ1v) is 9.25. The van der Waals surface area contributed by atoms with Crippen LogP contribution in [0.5, 0.6) is 5.75 Å². The first kappa shape index (κ1) is 25.2. The molecular weight excluding hydrogens is 495 g/mol. The molecule has 0 aliphatic carbocycles. The summed E-state index contributed by atoms with van der Waals surface area (Å²) >= 11 is 0. The number of para-hydroxylation sites is 2. The predicted octanol–water partition coefficient (Wildman–Crippen LogP) is 2.42. The zero-order chi connectivity index (χ0) is 20.7. The molecule has 3 N–H and O–H groups in total. The number of aliphatic imine (C=N–C) groups is 1. The predicted molar refractivity (Wildman–Crippen MR) is 121 cm³/mol. The molecule has 1 atom stereocenters. The fraction of sp³-hybridized carbons (Fsp3) is 0.579. The summed E-state index contributed by atoms with van der Waals surface area (Å²) in [6.45, 7) is 2.61. The molecule has 2 rings (SSSR count). The summed E-state index contributed by atoms with van der Waals surface area (Å²) in [5.41, 5.74) is 0.0652.